The van der Waals surface area contributed by atoms with Gasteiger partial charge in [0.15, 0.2) is 0 Å². The molecule has 0 aliphatic rings. The van der Waals surface area contributed by atoms with E-state index in [0.29, 0.717) is 0 Å². The van der Waals surface area contributed by atoms with Gasteiger partial charge in [-0.2, -0.15) is 0 Å². The van der Waals surface area contributed by atoms with Crippen LogP contribution < -0.4 is 0 Å². The molecule has 7 heavy (non-hydrogen) atoms. The van der Waals surface area contributed by atoms with Gasteiger partial charge in [-0.1, -0.05) is 20.8 Å². The molecule has 1 unspecified atom stereocenters. The molecular weight excluding hydrogens is 86.1 g/mol. The maximum absolute atomic E-state index is 7.26. The van der Waals surface area contributed by atoms with Gasteiger partial charge in [0.1, 0.15) is 0 Å². The van der Waals surface area contributed by atoms with Crippen LogP contribution in [0.15, 0.2) is 0 Å². The summed E-state index contributed by atoms with van der Waals surface area (Å²) in [6.07, 6.45) is 0. The Morgan fingerprint density at radius 2 is 1.71 bits per heavy atom. The van der Waals surface area contributed by atoms with Crippen molar-refractivity contribution in [2.75, 3.05) is 19.6 Å². The Kier molecular flexibility index (Phi) is 3.01. The number of nitrogens with zero attached hydrogens (tertiary/aromatic N) is 1. The first-order valence-electron chi connectivity index (χ1n) is 3.46. The lowest BCUT2D eigenvalue weighted by Gasteiger charge is -2.13. The van der Waals surface area contributed by atoms with E-state index in [4.69, 9.17) is 1.37 Å². The standard InChI is InChI=1S/C6H15N/c1-4-7(5-2)6-3/h4-6H2,1-3H3/i4D. The average molecular weight is 102 g/mol. The van der Waals surface area contributed by atoms with E-state index in [-0.39, 0.29) is 6.52 Å². The van der Waals surface area contributed by atoms with Gasteiger partial charge in [-0.3, -0.25) is 0 Å². The first-order valence-corrected chi connectivity index (χ1v) is 2.88. The van der Waals surface area contributed by atoms with Crippen molar-refractivity contribution < 1.29 is 1.37 Å². The molecule has 1 nitrogen and oxygen atoms in total. The minimum atomic E-state index is -0.0370. The van der Waals surface area contributed by atoms with Gasteiger partial charge in [0.25, 0.3) is 0 Å². The summed E-state index contributed by atoms with van der Waals surface area (Å²) in [7, 11) is 0. The van der Waals surface area contributed by atoms with Crippen LogP contribution in [0.2, 0.25) is 0 Å². The van der Waals surface area contributed by atoms with E-state index >= 15 is 0 Å². The third-order valence-electron chi connectivity index (χ3n) is 1.18. The first-order chi connectivity index (χ1) is 3.72. The van der Waals surface area contributed by atoms with Crippen molar-refractivity contribution in [3.8, 4) is 0 Å². The molecule has 0 radical (unpaired) electrons. The fourth-order valence-corrected chi connectivity index (χ4v) is 0.589. The van der Waals surface area contributed by atoms with E-state index < -0.39 is 0 Å². The Hall–Kier alpha value is -0.0400. The van der Waals surface area contributed by atoms with Crippen LogP contribution in [0.4, 0.5) is 0 Å². The van der Waals surface area contributed by atoms with Gasteiger partial charge in [-0.15, -0.1) is 0 Å². The normalized spacial score (nSPS) is 16.9. The van der Waals surface area contributed by atoms with Crippen molar-refractivity contribution in [1.29, 1.82) is 0 Å². The molecule has 0 aromatic carbocycles. The van der Waals surface area contributed by atoms with Gasteiger partial charge >= 0.3 is 0 Å². The van der Waals surface area contributed by atoms with E-state index in [1.54, 1.807) is 0 Å². The molecular formula is C6H15N. The summed E-state index contributed by atoms with van der Waals surface area (Å²) in [6, 6.07) is 0. The minimum absolute atomic E-state index is 0.0370. The molecule has 0 amide bonds. The van der Waals surface area contributed by atoms with Crippen molar-refractivity contribution in [3.63, 3.8) is 0 Å². The highest BCUT2D eigenvalue weighted by Crippen LogP contribution is 1.81. The molecule has 0 aromatic rings. The summed E-state index contributed by atoms with van der Waals surface area (Å²) < 4.78 is 7.26. The van der Waals surface area contributed by atoms with Crippen LogP contribution in [0.5, 0.6) is 0 Å². The second-order valence-electron chi connectivity index (χ2n) is 1.48. The number of hydrogen-bond donors (Lipinski definition) is 0. The Bertz CT molecular complexity index is 50.5. The van der Waals surface area contributed by atoms with Crippen LogP contribution in [0.1, 0.15) is 22.1 Å². The Morgan fingerprint density at radius 1 is 1.29 bits per heavy atom. The van der Waals surface area contributed by atoms with E-state index in [0.717, 1.165) is 13.1 Å². The molecule has 44 valence electrons. The van der Waals surface area contributed by atoms with Gasteiger partial charge in [0.2, 0.25) is 0 Å². The lowest BCUT2D eigenvalue weighted by Crippen LogP contribution is -2.21. The van der Waals surface area contributed by atoms with E-state index in [2.05, 4.69) is 18.7 Å². The molecule has 0 bridgehead atoms. The highest BCUT2D eigenvalue weighted by molar-refractivity contribution is 4.43. The fourth-order valence-electron chi connectivity index (χ4n) is 0.589. The summed E-state index contributed by atoms with van der Waals surface area (Å²) >= 11 is 0. The third-order valence-corrected chi connectivity index (χ3v) is 1.18. The van der Waals surface area contributed by atoms with Gasteiger partial charge < -0.3 is 4.90 Å². The van der Waals surface area contributed by atoms with E-state index in [1.165, 1.54) is 0 Å². The zero-order valence-corrected chi connectivity index (χ0v) is 5.44. The number of rotatable bonds is 3. The maximum atomic E-state index is 7.26. The summed E-state index contributed by atoms with van der Waals surface area (Å²) in [6.45, 7) is 7.99. The second-order valence-corrected chi connectivity index (χ2v) is 1.48. The van der Waals surface area contributed by atoms with Crippen molar-refractivity contribution in [2.45, 2.75) is 20.8 Å². The molecule has 0 spiro atoms. The Morgan fingerprint density at radius 3 is 1.71 bits per heavy atom. The third kappa shape index (κ3) is 2.63. The smallest absolute Gasteiger partial charge is 0.0428 e. The maximum Gasteiger partial charge on any atom is 0.0428 e. The van der Waals surface area contributed by atoms with Crippen LogP contribution in [-0.2, 0) is 0 Å². The molecule has 0 heterocycles. The molecule has 0 N–H and O–H groups in total. The first kappa shape index (κ1) is 5.10. The summed E-state index contributed by atoms with van der Waals surface area (Å²) in [5.74, 6) is 0. The van der Waals surface area contributed by atoms with Crippen molar-refractivity contribution >= 4 is 0 Å². The Labute approximate surface area is 47.7 Å². The van der Waals surface area contributed by atoms with Crippen LogP contribution in [0.25, 0.3) is 0 Å². The average Bonchev–Trinajstić information content (AvgIpc) is 1.69. The largest absolute Gasteiger partial charge is 0.304 e. The zero-order chi connectivity index (χ0) is 6.57. The van der Waals surface area contributed by atoms with Crippen molar-refractivity contribution in [2.24, 2.45) is 0 Å². The second kappa shape index (κ2) is 4.13. The molecule has 0 saturated heterocycles. The van der Waals surface area contributed by atoms with Crippen LogP contribution in [0, 0.1) is 0 Å². The molecule has 0 aliphatic carbocycles. The minimum Gasteiger partial charge on any atom is -0.304 e. The van der Waals surface area contributed by atoms with Gasteiger partial charge in [-0.25, -0.2) is 0 Å². The predicted octanol–water partition coefficient (Wildman–Crippen LogP) is 1.35. The lowest BCUT2D eigenvalue weighted by atomic mass is 10.5. The quantitative estimate of drug-likeness (QED) is 0.520. The monoisotopic (exact) mass is 102 g/mol. The number of hydrogen-bond acceptors (Lipinski definition) is 1. The topological polar surface area (TPSA) is 3.24 Å². The highest BCUT2D eigenvalue weighted by atomic mass is 15.1. The van der Waals surface area contributed by atoms with Crippen LogP contribution in [-0.4, -0.2) is 24.5 Å². The molecule has 0 rings (SSSR count). The van der Waals surface area contributed by atoms with Crippen LogP contribution >= 0.6 is 0 Å². The van der Waals surface area contributed by atoms with E-state index in [9.17, 15) is 0 Å². The molecule has 1 heteroatoms. The molecule has 0 saturated carbocycles. The SMILES string of the molecule is [2H]C(C)N(CC)CC. The van der Waals surface area contributed by atoms with Crippen molar-refractivity contribution in [3.05, 3.63) is 0 Å². The Balaban J connectivity index is 3.35. The summed E-state index contributed by atoms with van der Waals surface area (Å²) in [4.78, 5) is 2.08. The fraction of sp³-hybridized carbons (Fsp3) is 1.00. The zero-order valence-electron chi connectivity index (χ0n) is 6.44. The lowest BCUT2D eigenvalue weighted by molar-refractivity contribution is 0.321. The van der Waals surface area contributed by atoms with Gasteiger partial charge in [-0.05, 0) is 19.6 Å². The molecule has 0 aliphatic heterocycles. The summed E-state index contributed by atoms with van der Waals surface area (Å²) in [5, 5.41) is 0. The molecule has 0 aromatic heterocycles. The molecule has 1 atom stereocenters. The van der Waals surface area contributed by atoms with E-state index in [1.807, 2.05) is 6.92 Å². The molecule has 0 fully saturated rings. The summed E-state index contributed by atoms with van der Waals surface area (Å²) in [5.41, 5.74) is 0. The van der Waals surface area contributed by atoms with Gasteiger partial charge in [0, 0.05) is 1.37 Å². The van der Waals surface area contributed by atoms with Crippen molar-refractivity contribution in [1.82, 2.24) is 4.90 Å². The highest BCUT2D eigenvalue weighted by Gasteiger charge is 1.89. The van der Waals surface area contributed by atoms with Crippen LogP contribution in [0.3, 0.4) is 0 Å². The van der Waals surface area contributed by atoms with Gasteiger partial charge in [0.05, 0.1) is 0 Å². The predicted molar refractivity (Wildman–Crippen MR) is 33.5 cm³/mol.